The summed E-state index contributed by atoms with van der Waals surface area (Å²) in [4.78, 5) is 32.5. The zero-order valence-electron chi connectivity index (χ0n) is 11.0. The van der Waals surface area contributed by atoms with Crippen LogP contribution in [0.4, 0.5) is 16.2 Å². The fourth-order valence-electron chi connectivity index (χ4n) is 1.56. The Morgan fingerprint density at radius 3 is 2.55 bits per heavy atom. The van der Waals surface area contributed by atoms with Crippen molar-refractivity contribution in [3.8, 4) is 0 Å². The van der Waals surface area contributed by atoms with Crippen molar-refractivity contribution in [3.05, 3.63) is 33.9 Å². The summed E-state index contributed by atoms with van der Waals surface area (Å²) in [7, 11) is 0. The summed E-state index contributed by atoms with van der Waals surface area (Å²) in [6, 6.07) is 2.33. The van der Waals surface area contributed by atoms with Crippen molar-refractivity contribution in [1.29, 1.82) is 0 Å². The minimum Gasteiger partial charge on any atom is -0.480 e. The first-order chi connectivity index (χ1) is 9.35. The largest absolute Gasteiger partial charge is 0.480 e. The summed E-state index contributed by atoms with van der Waals surface area (Å²) in [5.74, 6) is -1.12. The van der Waals surface area contributed by atoms with Crippen molar-refractivity contribution in [2.45, 2.75) is 26.3 Å². The van der Waals surface area contributed by atoms with Crippen LogP contribution in [0, 0.1) is 17.0 Å². The Morgan fingerprint density at radius 1 is 1.45 bits per heavy atom. The van der Waals surface area contributed by atoms with Gasteiger partial charge >= 0.3 is 12.0 Å². The molecule has 0 bridgehead atoms. The lowest BCUT2D eigenvalue weighted by molar-refractivity contribution is -0.384. The number of benzene rings is 1. The maximum absolute atomic E-state index is 11.6. The van der Waals surface area contributed by atoms with Gasteiger partial charge in [-0.2, -0.15) is 0 Å². The normalized spacial score (nSPS) is 11.5. The van der Waals surface area contributed by atoms with Gasteiger partial charge in [0.2, 0.25) is 0 Å². The zero-order chi connectivity index (χ0) is 15.3. The molecule has 8 nitrogen and oxygen atoms in total. The third kappa shape index (κ3) is 3.94. The van der Waals surface area contributed by atoms with Crippen LogP contribution in [0.5, 0.6) is 0 Å². The summed E-state index contributed by atoms with van der Waals surface area (Å²) in [6.07, 6.45) is 0.252. The number of aliphatic carboxylic acids is 1. The molecule has 1 aromatic carbocycles. The van der Waals surface area contributed by atoms with E-state index in [4.69, 9.17) is 5.11 Å². The second kappa shape index (κ2) is 6.50. The van der Waals surface area contributed by atoms with Crippen LogP contribution in [0.25, 0.3) is 0 Å². The van der Waals surface area contributed by atoms with Gasteiger partial charge < -0.3 is 15.7 Å². The van der Waals surface area contributed by atoms with Crippen molar-refractivity contribution < 1.29 is 19.6 Å². The second-order valence-corrected chi connectivity index (χ2v) is 4.15. The van der Waals surface area contributed by atoms with Crippen molar-refractivity contribution in [1.82, 2.24) is 5.32 Å². The molecule has 0 saturated carbocycles. The maximum Gasteiger partial charge on any atom is 0.326 e. The molecule has 0 aliphatic rings. The van der Waals surface area contributed by atoms with E-state index in [1.807, 2.05) is 0 Å². The molecule has 0 aliphatic carbocycles. The van der Waals surface area contributed by atoms with Crippen molar-refractivity contribution >= 4 is 23.4 Å². The topological polar surface area (TPSA) is 122 Å². The van der Waals surface area contributed by atoms with Crippen molar-refractivity contribution in [2.24, 2.45) is 0 Å². The molecular formula is C12H15N3O5. The number of nitrogens with zero attached hydrogens (tertiary/aromatic N) is 1. The van der Waals surface area contributed by atoms with Crippen molar-refractivity contribution in [3.63, 3.8) is 0 Å². The number of urea groups is 1. The molecule has 108 valence electrons. The van der Waals surface area contributed by atoms with Gasteiger partial charge in [-0.15, -0.1) is 0 Å². The molecule has 2 amide bonds. The number of amides is 2. The van der Waals surface area contributed by atoms with E-state index in [1.54, 1.807) is 13.8 Å². The highest BCUT2D eigenvalue weighted by molar-refractivity contribution is 5.93. The highest BCUT2D eigenvalue weighted by atomic mass is 16.6. The number of hydrogen-bond donors (Lipinski definition) is 3. The van der Waals surface area contributed by atoms with Crippen LogP contribution < -0.4 is 10.6 Å². The molecule has 1 aromatic rings. The molecule has 1 rings (SSSR count). The average molecular weight is 281 g/mol. The summed E-state index contributed by atoms with van der Waals surface area (Å²) >= 11 is 0. The van der Waals surface area contributed by atoms with Crippen LogP contribution in [0.3, 0.4) is 0 Å². The number of carbonyl (C=O) groups is 2. The van der Waals surface area contributed by atoms with Crippen molar-refractivity contribution in [2.75, 3.05) is 5.32 Å². The lowest BCUT2D eigenvalue weighted by Crippen LogP contribution is -2.42. The summed E-state index contributed by atoms with van der Waals surface area (Å²) < 4.78 is 0. The third-order valence-corrected chi connectivity index (χ3v) is 2.68. The number of aryl methyl sites for hydroxylation is 1. The first-order valence-corrected chi connectivity index (χ1v) is 5.90. The Labute approximate surface area is 114 Å². The monoisotopic (exact) mass is 281 g/mol. The average Bonchev–Trinajstić information content (AvgIpc) is 2.37. The lowest BCUT2D eigenvalue weighted by Gasteiger charge is -2.14. The molecule has 1 unspecified atom stereocenters. The molecule has 1 atom stereocenters. The number of nitro groups is 1. The van der Waals surface area contributed by atoms with Crippen LogP contribution in [-0.4, -0.2) is 28.1 Å². The lowest BCUT2D eigenvalue weighted by atomic mass is 10.2. The Bertz CT molecular complexity index is 544. The van der Waals surface area contributed by atoms with Crippen LogP contribution in [0.15, 0.2) is 18.2 Å². The number of carbonyl (C=O) groups excluding carboxylic acids is 1. The molecular weight excluding hydrogens is 266 g/mol. The summed E-state index contributed by atoms with van der Waals surface area (Å²) in [5.41, 5.74) is 0.816. The van der Waals surface area contributed by atoms with E-state index in [9.17, 15) is 19.7 Å². The molecule has 0 saturated heterocycles. The number of rotatable bonds is 5. The fraction of sp³-hybridized carbons (Fsp3) is 0.333. The van der Waals surface area contributed by atoms with E-state index in [0.29, 0.717) is 11.3 Å². The first kappa shape index (κ1) is 15.4. The van der Waals surface area contributed by atoms with E-state index in [0.717, 1.165) is 0 Å². The fourth-order valence-corrected chi connectivity index (χ4v) is 1.56. The second-order valence-electron chi connectivity index (χ2n) is 4.15. The number of nitro benzene ring substituents is 1. The van der Waals surface area contributed by atoms with E-state index in [1.165, 1.54) is 18.2 Å². The standard InChI is InChI=1S/C12H15N3O5/c1-3-9(11(16)17)13-12(18)14-10-5-4-8(15(19)20)6-7(10)2/h4-6,9H,3H2,1-2H3,(H,16,17)(H2,13,14,18). The number of anilines is 1. The van der Waals surface area contributed by atoms with Gasteiger partial charge in [-0.25, -0.2) is 9.59 Å². The maximum atomic E-state index is 11.6. The molecule has 0 fully saturated rings. The molecule has 0 spiro atoms. The quantitative estimate of drug-likeness (QED) is 0.562. The number of carboxylic acids is 1. The Morgan fingerprint density at radius 2 is 2.10 bits per heavy atom. The van der Waals surface area contributed by atoms with Crippen LogP contribution in [0.2, 0.25) is 0 Å². The van der Waals surface area contributed by atoms with Gasteiger partial charge in [0, 0.05) is 17.8 Å². The molecule has 0 radical (unpaired) electrons. The zero-order valence-corrected chi connectivity index (χ0v) is 11.0. The van der Waals surface area contributed by atoms with E-state index >= 15 is 0 Å². The minimum atomic E-state index is -1.12. The van der Waals surface area contributed by atoms with Gasteiger partial charge in [-0.3, -0.25) is 10.1 Å². The molecule has 8 heteroatoms. The highest BCUT2D eigenvalue weighted by Gasteiger charge is 2.18. The molecule has 0 aromatic heterocycles. The Hall–Kier alpha value is -2.64. The third-order valence-electron chi connectivity index (χ3n) is 2.68. The predicted molar refractivity (Wildman–Crippen MR) is 71.7 cm³/mol. The number of nitrogens with one attached hydrogen (secondary N) is 2. The number of non-ortho nitro benzene ring substituents is 1. The molecule has 20 heavy (non-hydrogen) atoms. The van der Waals surface area contributed by atoms with Gasteiger partial charge in [0.1, 0.15) is 6.04 Å². The Kier molecular flexibility index (Phi) is 5.01. The molecule has 0 heterocycles. The van der Waals surface area contributed by atoms with Gasteiger partial charge in [0.05, 0.1) is 4.92 Å². The predicted octanol–water partition coefficient (Wildman–Crippen LogP) is 1.89. The van der Waals surface area contributed by atoms with E-state index in [-0.39, 0.29) is 12.1 Å². The smallest absolute Gasteiger partial charge is 0.326 e. The van der Waals surface area contributed by atoms with Gasteiger partial charge in [-0.1, -0.05) is 6.92 Å². The first-order valence-electron chi connectivity index (χ1n) is 5.90. The highest BCUT2D eigenvalue weighted by Crippen LogP contribution is 2.20. The van der Waals surface area contributed by atoms with Crippen LogP contribution in [0.1, 0.15) is 18.9 Å². The minimum absolute atomic E-state index is 0.0783. The van der Waals surface area contributed by atoms with E-state index in [2.05, 4.69) is 10.6 Å². The van der Waals surface area contributed by atoms with Gasteiger partial charge in [0.15, 0.2) is 0 Å². The summed E-state index contributed by atoms with van der Waals surface area (Å²) in [6.45, 7) is 3.24. The molecule has 3 N–H and O–H groups in total. The van der Waals surface area contributed by atoms with E-state index < -0.39 is 23.0 Å². The molecule has 0 aliphatic heterocycles. The van der Waals surface area contributed by atoms with Crippen LogP contribution in [-0.2, 0) is 4.79 Å². The number of carboxylic acid groups (broad SMARTS) is 1. The van der Waals surface area contributed by atoms with Gasteiger partial charge in [0.25, 0.3) is 5.69 Å². The summed E-state index contributed by atoms with van der Waals surface area (Å²) in [5, 5.41) is 24.2. The Balaban J connectivity index is 2.76. The number of hydrogen-bond acceptors (Lipinski definition) is 4. The SMILES string of the molecule is CCC(NC(=O)Nc1ccc([N+](=O)[O-])cc1C)C(=O)O. The van der Waals surface area contributed by atoms with Crippen LogP contribution >= 0.6 is 0 Å². The van der Waals surface area contributed by atoms with Gasteiger partial charge in [-0.05, 0) is 25.0 Å².